The van der Waals surface area contributed by atoms with E-state index >= 15 is 0 Å². The second-order valence-electron chi connectivity index (χ2n) is 4.90. The first-order valence-electron chi connectivity index (χ1n) is 6.09. The molecule has 0 amide bonds. The molecule has 2 N–H and O–H groups in total. The van der Waals surface area contributed by atoms with Gasteiger partial charge in [0.25, 0.3) is 0 Å². The molecule has 0 aliphatic heterocycles. The third-order valence-electron chi connectivity index (χ3n) is 3.56. The van der Waals surface area contributed by atoms with Gasteiger partial charge in [-0.25, -0.2) is 4.68 Å². The van der Waals surface area contributed by atoms with Gasteiger partial charge in [-0.3, -0.25) is 0 Å². The summed E-state index contributed by atoms with van der Waals surface area (Å²) < 4.78 is 1.87. The standard InChI is InChI=1S/C14H17N3/c1-9-4-3-5-13(10(9)2)17-14(15)8-12(16-17)11-6-7-11/h3-5,8,11H,6-7,15H2,1-2H3. The van der Waals surface area contributed by atoms with Crippen LogP contribution in [0.1, 0.15) is 35.6 Å². The topological polar surface area (TPSA) is 43.8 Å². The van der Waals surface area contributed by atoms with Crippen LogP contribution in [0.2, 0.25) is 0 Å². The van der Waals surface area contributed by atoms with Crippen LogP contribution in [0.5, 0.6) is 0 Å². The fourth-order valence-electron chi connectivity index (χ4n) is 2.15. The lowest BCUT2D eigenvalue weighted by atomic mass is 10.1. The average Bonchev–Trinajstić information content (AvgIpc) is 3.07. The Morgan fingerprint density at radius 2 is 2.06 bits per heavy atom. The Hall–Kier alpha value is -1.77. The SMILES string of the molecule is Cc1cccc(-n2nc(C3CC3)cc2N)c1C. The number of nitrogens with zero attached hydrogens (tertiary/aromatic N) is 2. The third-order valence-corrected chi connectivity index (χ3v) is 3.56. The summed E-state index contributed by atoms with van der Waals surface area (Å²) in [7, 11) is 0. The molecule has 0 atom stereocenters. The number of hydrogen-bond acceptors (Lipinski definition) is 2. The molecule has 0 spiro atoms. The van der Waals surface area contributed by atoms with E-state index in [1.807, 2.05) is 10.7 Å². The van der Waals surface area contributed by atoms with E-state index in [0.29, 0.717) is 5.92 Å². The van der Waals surface area contributed by atoms with Gasteiger partial charge in [0.1, 0.15) is 5.82 Å². The lowest BCUT2D eigenvalue weighted by Crippen LogP contribution is -2.04. The van der Waals surface area contributed by atoms with Crippen LogP contribution in [-0.2, 0) is 0 Å². The average molecular weight is 227 g/mol. The van der Waals surface area contributed by atoms with Crippen LogP contribution in [-0.4, -0.2) is 9.78 Å². The maximum atomic E-state index is 6.06. The zero-order valence-corrected chi connectivity index (χ0v) is 10.3. The van der Waals surface area contributed by atoms with Crippen LogP contribution in [0.25, 0.3) is 5.69 Å². The molecule has 1 saturated carbocycles. The Kier molecular flexibility index (Phi) is 2.21. The summed E-state index contributed by atoms with van der Waals surface area (Å²) in [5, 5.41) is 4.64. The number of benzene rings is 1. The van der Waals surface area contributed by atoms with Crippen molar-refractivity contribution < 1.29 is 0 Å². The van der Waals surface area contributed by atoms with Gasteiger partial charge in [0.05, 0.1) is 11.4 Å². The van der Waals surface area contributed by atoms with Gasteiger partial charge >= 0.3 is 0 Å². The van der Waals surface area contributed by atoms with Crippen molar-refractivity contribution in [3.8, 4) is 5.69 Å². The van der Waals surface area contributed by atoms with Gasteiger partial charge in [-0.05, 0) is 43.9 Å². The third kappa shape index (κ3) is 1.71. The quantitative estimate of drug-likeness (QED) is 0.857. The fourth-order valence-corrected chi connectivity index (χ4v) is 2.15. The minimum Gasteiger partial charge on any atom is -0.384 e. The summed E-state index contributed by atoms with van der Waals surface area (Å²) in [6, 6.07) is 8.25. The first-order chi connectivity index (χ1) is 8.16. The summed E-state index contributed by atoms with van der Waals surface area (Å²) in [5.41, 5.74) is 10.8. The normalized spacial score (nSPS) is 15.2. The maximum Gasteiger partial charge on any atom is 0.127 e. The first-order valence-corrected chi connectivity index (χ1v) is 6.09. The molecule has 1 heterocycles. The molecule has 2 aromatic rings. The van der Waals surface area contributed by atoms with E-state index < -0.39 is 0 Å². The molecule has 17 heavy (non-hydrogen) atoms. The van der Waals surface area contributed by atoms with Crippen molar-refractivity contribution in [3.63, 3.8) is 0 Å². The minimum atomic E-state index is 0.642. The molecule has 1 aliphatic carbocycles. The molecule has 0 radical (unpaired) electrons. The van der Waals surface area contributed by atoms with Crippen LogP contribution in [0.4, 0.5) is 5.82 Å². The molecule has 88 valence electrons. The fraction of sp³-hybridized carbons (Fsp3) is 0.357. The zero-order valence-electron chi connectivity index (χ0n) is 10.3. The van der Waals surface area contributed by atoms with Crippen molar-refractivity contribution in [2.24, 2.45) is 0 Å². The minimum absolute atomic E-state index is 0.642. The van der Waals surface area contributed by atoms with Crippen LogP contribution in [0, 0.1) is 13.8 Å². The molecule has 1 fully saturated rings. The number of aromatic nitrogens is 2. The van der Waals surface area contributed by atoms with Gasteiger partial charge in [0.15, 0.2) is 0 Å². The zero-order chi connectivity index (χ0) is 12.0. The Balaban J connectivity index is 2.11. The number of aryl methyl sites for hydroxylation is 1. The number of nitrogen functional groups attached to an aromatic ring is 1. The molecule has 1 aliphatic rings. The lowest BCUT2D eigenvalue weighted by Gasteiger charge is -2.09. The van der Waals surface area contributed by atoms with Crippen molar-refractivity contribution in [1.29, 1.82) is 0 Å². The molecular formula is C14H17N3. The van der Waals surface area contributed by atoms with Crippen LogP contribution < -0.4 is 5.73 Å². The molecule has 1 aromatic heterocycles. The molecule has 0 unspecified atom stereocenters. The monoisotopic (exact) mass is 227 g/mol. The maximum absolute atomic E-state index is 6.06. The largest absolute Gasteiger partial charge is 0.384 e. The van der Waals surface area contributed by atoms with E-state index in [1.54, 1.807) is 0 Å². The second kappa shape index (κ2) is 3.62. The van der Waals surface area contributed by atoms with E-state index in [4.69, 9.17) is 5.73 Å². The summed E-state index contributed by atoms with van der Waals surface area (Å²) >= 11 is 0. The van der Waals surface area contributed by atoms with Crippen molar-refractivity contribution in [1.82, 2.24) is 9.78 Å². The molecule has 0 saturated heterocycles. The molecule has 3 heteroatoms. The molecule has 3 nitrogen and oxygen atoms in total. The number of rotatable bonds is 2. The lowest BCUT2D eigenvalue weighted by molar-refractivity contribution is 0.838. The van der Waals surface area contributed by atoms with Crippen LogP contribution in [0.3, 0.4) is 0 Å². The summed E-state index contributed by atoms with van der Waals surface area (Å²) in [6.07, 6.45) is 2.51. The summed E-state index contributed by atoms with van der Waals surface area (Å²) in [5.74, 6) is 1.38. The number of hydrogen-bond donors (Lipinski definition) is 1. The first kappa shape index (κ1) is 10.4. The highest BCUT2D eigenvalue weighted by Gasteiger charge is 2.27. The van der Waals surface area contributed by atoms with Crippen LogP contribution >= 0.6 is 0 Å². The smallest absolute Gasteiger partial charge is 0.127 e. The van der Waals surface area contributed by atoms with Gasteiger partial charge in [-0.1, -0.05) is 12.1 Å². The Labute approximate surface area is 101 Å². The van der Waals surface area contributed by atoms with Gasteiger partial charge in [0, 0.05) is 12.0 Å². The van der Waals surface area contributed by atoms with Gasteiger partial charge in [-0.15, -0.1) is 0 Å². The van der Waals surface area contributed by atoms with Crippen molar-refractivity contribution in [2.45, 2.75) is 32.6 Å². The molecule has 1 aromatic carbocycles. The Morgan fingerprint density at radius 3 is 2.76 bits per heavy atom. The number of nitrogens with two attached hydrogens (primary N) is 1. The molecule has 0 bridgehead atoms. The van der Waals surface area contributed by atoms with Crippen LogP contribution in [0.15, 0.2) is 24.3 Å². The molecule has 3 rings (SSSR count). The Morgan fingerprint density at radius 1 is 1.29 bits per heavy atom. The highest BCUT2D eigenvalue weighted by molar-refractivity contribution is 5.50. The predicted octanol–water partition coefficient (Wildman–Crippen LogP) is 2.95. The van der Waals surface area contributed by atoms with E-state index in [2.05, 4.69) is 37.1 Å². The van der Waals surface area contributed by atoms with Gasteiger partial charge in [-0.2, -0.15) is 5.10 Å². The highest BCUT2D eigenvalue weighted by Crippen LogP contribution is 2.40. The second-order valence-corrected chi connectivity index (χ2v) is 4.90. The summed E-state index contributed by atoms with van der Waals surface area (Å²) in [6.45, 7) is 4.23. The highest BCUT2D eigenvalue weighted by atomic mass is 15.3. The van der Waals surface area contributed by atoms with Gasteiger partial charge in [0.2, 0.25) is 0 Å². The predicted molar refractivity (Wildman–Crippen MR) is 69.4 cm³/mol. The molecular weight excluding hydrogens is 210 g/mol. The number of anilines is 1. The van der Waals surface area contributed by atoms with Crippen molar-refractivity contribution >= 4 is 5.82 Å². The van der Waals surface area contributed by atoms with E-state index in [-0.39, 0.29) is 0 Å². The van der Waals surface area contributed by atoms with Gasteiger partial charge < -0.3 is 5.73 Å². The van der Waals surface area contributed by atoms with Crippen molar-refractivity contribution in [3.05, 3.63) is 41.1 Å². The van der Waals surface area contributed by atoms with E-state index in [0.717, 1.165) is 17.2 Å². The summed E-state index contributed by atoms with van der Waals surface area (Å²) in [4.78, 5) is 0. The van der Waals surface area contributed by atoms with Crippen molar-refractivity contribution in [2.75, 3.05) is 5.73 Å². The van der Waals surface area contributed by atoms with E-state index in [9.17, 15) is 0 Å². The Bertz CT molecular complexity index is 565. The van der Waals surface area contributed by atoms with E-state index in [1.165, 1.54) is 24.0 Å².